The zero-order valence-corrected chi connectivity index (χ0v) is 17.8. The van der Waals surface area contributed by atoms with Crippen LogP contribution in [0.25, 0.3) is 0 Å². The Morgan fingerprint density at radius 3 is 2.10 bits per heavy atom. The Morgan fingerprint density at radius 2 is 1.47 bits per heavy atom. The van der Waals surface area contributed by atoms with E-state index in [9.17, 15) is 4.79 Å². The molecule has 30 heavy (non-hydrogen) atoms. The van der Waals surface area contributed by atoms with E-state index >= 15 is 0 Å². The van der Waals surface area contributed by atoms with Crippen LogP contribution in [0.5, 0.6) is 0 Å². The number of para-hydroxylation sites is 1. The van der Waals surface area contributed by atoms with Crippen LogP contribution >= 0.6 is 0 Å². The Kier molecular flexibility index (Phi) is 6.15. The third-order valence-electron chi connectivity index (χ3n) is 5.60. The molecule has 0 aromatic heterocycles. The summed E-state index contributed by atoms with van der Waals surface area (Å²) in [5, 5.41) is 3.01. The molecule has 0 unspecified atom stereocenters. The minimum atomic E-state index is -0.0666. The van der Waals surface area contributed by atoms with Gasteiger partial charge < -0.3 is 10.2 Å². The number of amides is 1. The van der Waals surface area contributed by atoms with Gasteiger partial charge in [0, 0.05) is 49.7 Å². The van der Waals surface area contributed by atoms with Crippen LogP contribution in [0.1, 0.15) is 27.0 Å². The number of anilines is 2. The minimum absolute atomic E-state index is 0.0666. The van der Waals surface area contributed by atoms with Crippen LogP contribution in [0.15, 0.2) is 72.8 Å². The van der Waals surface area contributed by atoms with Crippen LogP contribution in [0.3, 0.4) is 0 Å². The lowest BCUT2D eigenvalue weighted by Gasteiger charge is -2.36. The molecule has 0 radical (unpaired) electrons. The molecule has 4 rings (SSSR count). The third kappa shape index (κ3) is 5.08. The molecule has 0 saturated carbocycles. The van der Waals surface area contributed by atoms with Gasteiger partial charge in [0.15, 0.2) is 0 Å². The van der Waals surface area contributed by atoms with Gasteiger partial charge in [0.1, 0.15) is 0 Å². The molecule has 0 spiro atoms. The first-order valence-electron chi connectivity index (χ1n) is 10.6. The molecular formula is C26H29N3O. The monoisotopic (exact) mass is 399 g/mol. The summed E-state index contributed by atoms with van der Waals surface area (Å²) >= 11 is 0. The number of benzene rings is 3. The summed E-state index contributed by atoms with van der Waals surface area (Å²) in [4.78, 5) is 17.5. The lowest BCUT2D eigenvalue weighted by molar-refractivity contribution is 0.102. The molecule has 1 fully saturated rings. The molecule has 0 bridgehead atoms. The van der Waals surface area contributed by atoms with Gasteiger partial charge in [-0.1, -0.05) is 36.4 Å². The van der Waals surface area contributed by atoms with Crippen LogP contribution in [-0.2, 0) is 6.54 Å². The fourth-order valence-corrected chi connectivity index (χ4v) is 4.07. The topological polar surface area (TPSA) is 35.6 Å². The molecular weight excluding hydrogens is 370 g/mol. The third-order valence-corrected chi connectivity index (χ3v) is 5.60. The Labute approximate surface area is 179 Å². The van der Waals surface area contributed by atoms with Crippen molar-refractivity contribution in [3.63, 3.8) is 0 Å². The normalized spacial score (nSPS) is 14.5. The molecule has 1 aliphatic heterocycles. The summed E-state index contributed by atoms with van der Waals surface area (Å²) in [5.74, 6) is -0.0666. The number of hydrogen-bond acceptors (Lipinski definition) is 3. The number of nitrogens with zero attached hydrogens (tertiary/aromatic N) is 2. The number of hydrogen-bond donors (Lipinski definition) is 1. The van der Waals surface area contributed by atoms with Gasteiger partial charge in [0.05, 0.1) is 0 Å². The Hall–Kier alpha value is -3.11. The van der Waals surface area contributed by atoms with Gasteiger partial charge in [-0.3, -0.25) is 9.69 Å². The van der Waals surface area contributed by atoms with Gasteiger partial charge in [-0.05, 0) is 66.9 Å². The van der Waals surface area contributed by atoms with E-state index in [1.807, 2.05) is 38.1 Å². The zero-order valence-electron chi connectivity index (χ0n) is 17.8. The molecule has 1 saturated heterocycles. The van der Waals surface area contributed by atoms with E-state index in [1.165, 1.54) is 11.3 Å². The van der Waals surface area contributed by atoms with Gasteiger partial charge >= 0.3 is 0 Å². The fourth-order valence-electron chi connectivity index (χ4n) is 4.07. The number of carbonyl (C=O) groups excluding carboxylic acids is 1. The maximum atomic E-state index is 12.6. The highest BCUT2D eigenvalue weighted by Gasteiger charge is 2.17. The number of piperazine rings is 1. The number of nitrogens with one attached hydrogen (secondary N) is 1. The molecule has 3 aromatic rings. The largest absolute Gasteiger partial charge is 0.369 e. The van der Waals surface area contributed by atoms with E-state index in [4.69, 9.17) is 0 Å². The van der Waals surface area contributed by atoms with E-state index in [-0.39, 0.29) is 5.91 Å². The Balaban J connectivity index is 1.31. The summed E-state index contributed by atoms with van der Waals surface area (Å²) in [6.45, 7) is 9.17. The van der Waals surface area contributed by atoms with Crippen LogP contribution in [0.2, 0.25) is 0 Å². The molecule has 0 atom stereocenters. The quantitative estimate of drug-likeness (QED) is 0.664. The smallest absolute Gasteiger partial charge is 0.255 e. The summed E-state index contributed by atoms with van der Waals surface area (Å²) in [6, 6.07) is 24.7. The fraction of sp³-hybridized carbons (Fsp3) is 0.269. The van der Waals surface area contributed by atoms with E-state index in [0.717, 1.165) is 49.5 Å². The van der Waals surface area contributed by atoms with Crippen molar-refractivity contribution in [3.8, 4) is 0 Å². The van der Waals surface area contributed by atoms with Crippen molar-refractivity contribution >= 4 is 17.3 Å². The lowest BCUT2D eigenvalue weighted by atomic mass is 10.1. The molecule has 4 heteroatoms. The van der Waals surface area contributed by atoms with E-state index < -0.39 is 0 Å². The Morgan fingerprint density at radius 1 is 0.833 bits per heavy atom. The predicted molar refractivity (Wildman–Crippen MR) is 124 cm³/mol. The van der Waals surface area contributed by atoms with E-state index in [2.05, 4.69) is 63.6 Å². The second-order valence-corrected chi connectivity index (χ2v) is 8.13. The van der Waals surface area contributed by atoms with Gasteiger partial charge in [-0.15, -0.1) is 0 Å². The first kappa shape index (κ1) is 20.2. The highest BCUT2D eigenvalue weighted by molar-refractivity contribution is 6.04. The van der Waals surface area contributed by atoms with Crippen LogP contribution in [0.4, 0.5) is 11.4 Å². The van der Waals surface area contributed by atoms with Crippen molar-refractivity contribution in [2.45, 2.75) is 20.4 Å². The van der Waals surface area contributed by atoms with Crippen molar-refractivity contribution in [1.29, 1.82) is 0 Å². The lowest BCUT2D eigenvalue weighted by Crippen LogP contribution is -2.45. The number of rotatable bonds is 5. The molecule has 154 valence electrons. The molecule has 1 heterocycles. The second-order valence-electron chi connectivity index (χ2n) is 8.13. The number of aryl methyl sites for hydroxylation is 2. The summed E-state index contributed by atoms with van der Waals surface area (Å²) in [6.07, 6.45) is 0. The maximum Gasteiger partial charge on any atom is 0.255 e. The van der Waals surface area contributed by atoms with Crippen molar-refractivity contribution in [3.05, 3.63) is 95.1 Å². The second kappa shape index (κ2) is 9.14. The standard InChI is InChI=1S/C26H29N3O/c1-20-16-21(2)18-24(17-20)27-26(30)23-10-8-22(9-11-23)19-28-12-14-29(15-13-28)25-6-4-3-5-7-25/h3-11,16-18H,12-15,19H2,1-2H3,(H,27,30). The summed E-state index contributed by atoms with van der Waals surface area (Å²) < 4.78 is 0. The van der Waals surface area contributed by atoms with Crippen molar-refractivity contribution < 1.29 is 4.79 Å². The van der Waals surface area contributed by atoms with E-state index in [0.29, 0.717) is 5.56 Å². The minimum Gasteiger partial charge on any atom is -0.369 e. The van der Waals surface area contributed by atoms with Gasteiger partial charge in [-0.2, -0.15) is 0 Å². The Bertz CT molecular complexity index is 970. The van der Waals surface area contributed by atoms with Gasteiger partial charge in [0.2, 0.25) is 0 Å². The van der Waals surface area contributed by atoms with Gasteiger partial charge in [0.25, 0.3) is 5.91 Å². The first-order chi connectivity index (χ1) is 14.6. The highest BCUT2D eigenvalue weighted by Crippen LogP contribution is 2.18. The van der Waals surface area contributed by atoms with Crippen molar-refractivity contribution in [1.82, 2.24) is 4.90 Å². The van der Waals surface area contributed by atoms with Crippen molar-refractivity contribution in [2.24, 2.45) is 0 Å². The maximum absolute atomic E-state index is 12.6. The molecule has 1 amide bonds. The van der Waals surface area contributed by atoms with Crippen molar-refractivity contribution in [2.75, 3.05) is 36.4 Å². The first-order valence-corrected chi connectivity index (χ1v) is 10.6. The zero-order chi connectivity index (χ0) is 20.9. The van der Waals surface area contributed by atoms with Crippen LogP contribution < -0.4 is 10.2 Å². The van der Waals surface area contributed by atoms with Crippen LogP contribution in [0, 0.1) is 13.8 Å². The molecule has 1 N–H and O–H groups in total. The van der Waals surface area contributed by atoms with E-state index in [1.54, 1.807) is 0 Å². The number of carbonyl (C=O) groups is 1. The molecule has 1 aliphatic rings. The van der Waals surface area contributed by atoms with Crippen LogP contribution in [-0.4, -0.2) is 37.0 Å². The predicted octanol–water partition coefficient (Wildman–Crippen LogP) is 4.88. The van der Waals surface area contributed by atoms with Gasteiger partial charge in [-0.25, -0.2) is 0 Å². The molecule has 3 aromatic carbocycles. The average Bonchev–Trinajstić information content (AvgIpc) is 2.75. The highest BCUT2D eigenvalue weighted by atomic mass is 16.1. The SMILES string of the molecule is Cc1cc(C)cc(NC(=O)c2ccc(CN3CCN(c4ccccc4)CC3)cc2)c1. The summed E-state index contributed by atoms with van der Waals surface area (Å²) in [5.41, 5.74) is 6.37. The average molecular weight is 400 g/mol. The summed E-state index contributed by atoms with van der Waals surface area (Å²) in [7, 11) is 0. The molecule has 4 nitrogen and oxygen atoms in total. The molecule has 0 aliphatic carbocycles.